The molecule has 2 aromatic rings. The molecule has 1 amide bonds. The normalized spacial score (nSPS) is 18.6. The predicted octanol–water partition coefficient (Wildman–Crippen LogP) is 2.32. The Morgan fingerprint density at radius 3 is 3.00 bits per heavy atom. The molecular weight excluding hydrogens is 298 g/mol. The summed E-state index contributed by atoms with van der Waals surface area (Å²) in [5.74, 6) is 0.493. The van der Waals surface area contributed by atoms with Crippen molar-refractivity contribution >= 4 is 22.4 Å². The largest absolute Gasteiger partial charge is 0.317 e. The Labute approximate surface area is 133 Å². The molecule has 0 saturated carbocycles. The lowest BCUT2D eigenvalue weighted by Crippen LogP contribution is -2.18. The third kappa shape index (κ3) is 4.08. The number of anilines is 1. The Morgan fingerprint density at radius 2 is 2.14 bits per heavy atom. The van der Waals surface area contributed by atoms with Crippen molar-refractivity contribution in [1.82, 2.24) is 20.5 Å². The fraction of sp³-hybridized carbons (Fsp3) is 0.467. The molecule has 116 valence electrons. The Hall–Kier alpha value is -1.86. The summed E-state index contributed by atoms with van der Waals surface area (Å²) in [6.45, 7) is 2.06. The van der Waals surface area contributed by atoms with Gasteiger partial charge in [0.05, 0.1) is 0 Å². The van der Waals surface area contributed by atoms with E-state index in [0.717, 1.165) is 42.9 Å². The molecule has 3 heterocycles. The quantitative estimate of drug-likeness (QED) is 0.904. The van der Waals surface area contributed by atoms with Gasteiger partial charge in [-0.1, -0.05) is 11.3 Å². The number of hydrogen-bond acceptors (Lipinski definition) is 6. The Balaban J connectivity index is 1.56. The highest BCUT2D eigenvalue weighted by molar-refractivity contribution is 7.18. The van der Waals surface area contributed by atoms with Gasteiger partial charge in [-0.2, -0.15) is 0 Å². The second kappa shape index (κ2) is 7.42. The van der Waals surface area contributed by atoms with Gasteiger partial charge in [0, 0.05) is 24.4 Å². The van der Waals surface area contributed by atoms with Gasteiger partial charge in [0.15, 0.2) is 0 Å². The van der Waals surface area contributed by atoms with Crippen LogP contribution in [0, 0.1) is 5.92 Å². The zero-order chi connectivity index (χ0) is 15.2. The number of amides is 1. The fourth-order valence-electron chi connectivity index (χ4n) is 2.61. The molecule has 1 fully saturated rings. The molecule has 0 bridgehead atoms. The van der Waals surface area contributed by atoms with Crippen molar-refractivity contribution in [3.63, 3.8) is 0 Å². The molecule has 6 nitrogen and oxygen atoms in total. The van der Waals surface area contributed by atoms with Gasteiger partial charge in [-0.3, -0.25) is 9.78 Å². The zero-order valence-corrected chi connectivity index (χ0v) is 13.1. The molecule has 22 heavy (non-hydrogen) atoms. The summed E-state index contributed by atoms with van der Waals surface area (Å²) in [6.07, 6.45) is 7.31. The smallest absolute Gasteiger partial charge is 0.226 e. The van der Waals surface area contributed by atoms with Gasteiger partial charge < -0.3 is 10.6 Å². The third-order valence-corrected chi connectivity index (χ3v) is 4.66. The molecule has 1 unspecified atom stereocenters. The van der Waals surface area contributed by atoms with E-state index in [1.54, 1.807) is 12.4 Å². The zero-order valence-electron chi connectivity index (χ0n) is 12.3. The average Bonchev–Trinajstić information content (AvgIpc) is 2.84. The first kappa shape index (κ1) is 15.1. The van der Waals surface area contributed by atoms with Gasteiger partial charge in [0.25, 0.3) is 0 Å². The lowest BCUT2D eigenvalue weighted by atomic mass is 9.97. The molecule has 7 heteroatoms. The van der Waals surface area contributed by atoms with E-state index in [2.05, 4.69) is 25.8 Å². The van der Waals surface area contributed by atoms with Crippen LogP contribution in [0.25, 0.3) is 10.6 Å². The molecule has 1 aliphatic rings. The SMILES string of the molecule is O=C(CC1CCCNCC1)Nc1nnc(-c2ccncc2)s1. The fourth-order valence-corrected chi connectivity index (χ4v) is 3.38. The molecule has 3 rings (SSSR count). The Kier molecular flexibility index (Phi) is 5.07. The van der Waals surface area contributed by atoms with Crippen LogP contribution in [0.15, 0.2) is 24.5 Å². The van der Waals surface area contributed by atoms with Gasteiger partial charge in [-0.05, 0) is 50.4 Å². The van der Waals surface area contributed by atoms with Crippen LogP contribution in [0.3, 0.4) is 0 Å². The van der Waals surface area contributed by atoms with Gasteiger partial charge >= 0.3 is 0 Å². The minimum absolute atomic E-state index is 0.0318. The van der Waals surface area contributed by atoms with Gasteiger partial charge in [-0.25, -0.2) is 0 Å². The molecule has 0 radical (unpaired) electrons. The number of rotatable bonds is 4. The van der Waals surface area contributed by atoms with Crippen molar-refractivity contribution in [3.05, 3.63) is 24.5 Å². The number of aromatic nitrogens is 3. The van der Waals surface area contributed by atoms with Gasteiger partial charge in [-0.15, -0.1) is 10.2 Å². The van der Waals surface area contributed by atoms with E-state index in [1.165, 1.54) is 11.3 Å². The Morgan fingerprint density at radius 1 is 1.27 bits per heavy atom. The highest BCUT2D eigenvalue weighted by atomic mass is 32.1. The highest BCUT2D eigenvalue weighted by Gasteiger charge is 2.17. The van der Waals surface area contributed by atoms with E-state index in [0.29, 0.717) is 17.5 Å². The van der Waals surface area contributed by atoms with Crippen molar-refractivity contribution in [2.24, 2.45) is 5.92 Å². The van der Waals surface area contributed by atoms with Crippen molar-refractivity contribution in [3.8, 4) is 10.6 Å². The summed E-state index contributed by atoms with van der Waals surface area (Å²) in [5.41, 5.74) is 0.961. The molecule has 1 aliphatic heterocycles. The second-order valence-electron chi connectivity index (χ2n) is 5.45. The third-order valence-electron chi connectivity index (χ3n) is 3.77. The summed E-state index contributed by atoms with van der Waals surface area (Å²) in [4.78, 5) is 16.1. The van der Waals surface area contributed by atoms with Crippen LogP contribution in [0.2, 0.25) is 0 Å². The maximum absolute atomic E-state index is 12.1. The average molecular weight is 317 g/mol. The first-order chi connectivity index (χ1) is 10.8. The lowest BCUT2D eigenvalue weighted by Gasteiger charge is -2.12. The van der Waals surface area contributed by atoms with E-state index >= 15 is 0 Å². The maximum atomic E-state index is 12.1. The summed E-state index contributed by atoms with van der Waals surface area (Å²) in [5, 5.41) is 15.7. The number of pyridine rings is 1. The van der Waals surface area contributed by atoms with Crippen molar-refractivity contribution < 1.29 is 4.79 Å². The van der Waals surface area contributed by atoms with Crippen molar-refractivity contribution in [1.29, 1.82) is 0 Å². The summed E-state index contributed by atoms with van der Waals surface area (Å²) in [6, 6.07) is 3.76. The molecule has 0 aliphatic carbocycles. The van der Waals surface area contributed by atoms with E-state index in [-0.39, 0.29) is 5.91 Å². The van der Waals surface area contributed by atoms with Crippen LogP contribution >= 0.6 is 11.3 Å². The van der Waals surface area contributed by atoms with E-state index in [1.807, 2.05) is 12.1 Å². The molecule has 0 spiro atoms. The van der Waals surface area contributed by atoms with Crippen LogP contribution in [-0.4, -0.2) is 34.2 Å². The minimum Gasteiger partial charge on any atom is -0.317 e. The monoisotopic (exact) mass is 317 g/mol. The maximum Gasteiger partial charge on any atom is 0.226 e. The van der Waals surface area contributed by atoms with E-state index < -0.39 is 0 Å². The van der Waals surface area contributed by atoms with Gasteiger partial charge in [0.2, 0.25) is 11.0 Å². The molecule has 2 N–H and O–H groups in total. The molecule has 1 atom stereocenters. The first-order valence-electron chi connectivity index (χ1n) is 7.56. The molecule has 0 aromatic carbocycles. The minimum atomic E-state index is 0.0318. The molecular formula is C15H19N5OS. The summed E-state index contributed by atoms with van der Waals surface area (Å²) in [7, 11) is 0. The number of nitrogens with one attached hydrogen (secondary N) is 2. The Bertz CT molecular complexity index is 607. The number of carbonyl (C=O) groups excluding carboxylic acids is 1. The second-order valence-corrected chi connectivity index (χ2v) is 6.43. The predicted molar refractivity (Wildman–Crippen MR) is 86.6 cm³/mol. The summed E-state index contributed by atoms with van der Waals surface area (Å²) >= 11 is 1.39. The lowest BCUT2D eigenvalue weighted by molar-refractivity contribution is -0.117. The van der Waals surface area contributed by atoms with Gasteiger partial charge in [0.1, 0.15) is 5.01 Å². The first-order valence-corrected chi connectivity index (χ1v) is 8.37. The molecule has 2 aromatic heterocycles. The van der Waals surface area contributed by atoms with Crippen molar-refractivity contribution in [2.45, 2.75) is 25.7 Å². The number of carbonyl (C=O) groups is 1. The topological polar surface area (TPSA) is 79.8 Å². The van der Waals surface area contributed by atoms with Crippen LogP contribution in [-0.2, 0) is 4.79 Å². The highest BCUT2D eigenvalue weighted by Crippen LogP contribution is 2.26. The number of hydrogen-bond donors (Lipinski definition) is 2. The van der Waals surface area contributed by atoms with Crippen molar-refractivity contribution in [2.75, 3.05) is 18.4 Å². The van der Waals surface area contributed by atoms with E-state index in [4.69, 9.17) is 0 Å². The number of nitrogens with zero attached hydrogens (tertiary/aromatic N) is 3. The molecule has 1 saturated heterocycles. The van der Waals surface area contributed by atoms with Crippen LogP contribution in [0.4, 0.5) is 5.13 Å². The van der Waals surface area contributed by atoms with Crippen LogP contribution in [0.5, 0.6) is 0 Å². The van der Waals surface area contributed by atoms with Crippen LogP contribution in [0.1, 0.15) is 25.7 Å². The standard InChI is InChI=1S/C15H19N5OS/c21-13(10-11-2-1-6-16-7-3-11)18-15-20-19-14(22-15)12-4-8-17-9-5-12/h4-5,8-9,11,16H,1-3,6-7,10H2,(H,18,20,21). The van der Waals surface area contributed by atoms with Crippen LogP contribution < -0.4 is 10.6 Å². The van der Waals surface area contributed by atoms with E-state index in [9.17, 15) is 4.79 Å². The summed E-state index contributed by atoms with van der Waals surface area (Å²) < 4.78 is 0.